The monoisotopic (exact) mass is 295 g/mol. The third-order valence-corrected chi connectivity index (χ3v) is 3.51. The van der Waals surface area contributed by atoms with Crippen molar-refractivity contribution in [3.63, 3.8) is 0 Å². The minimum absolute atomic E-state index is 0.267. The van der Waals surface area contributed by atoms with Crippen LogP contribution in [-0.4, -0.2) is 10.8 Å². The van der Waals surface area contributed by atoms with Crippen molar-refractivity contribution in [3.8, 4) is 0 Å². The van der Waals surface area contributed by atoms with Crippen LogP contribution in [0.25, 0.3) is 0 Å². The lowest BCUT2D eigenvalue weighted by Gasteiger charge is -2.11. The lowest BCUT2D eigenvalue weighted by atomic mass is 10.2. The largest absolute Gasteiger partial charge is 0.322 e. The summed E-state index contributed by atoms with van der Waals surface area (Å²) >= 11 is 1.29. The first-order valence-electron chi connectivity index (χ1n) is 5.53. The summed E-state index contributed by atoms with van der Waals surface area (Å²) in [7, 11) is 0. The normalized spacial score (nSPS) is 11.9. The highest BCUT2D eigenvalue weighted by Gasteiger charge is 2.19. The number of anilines is 1. The molecule has 2 aromatic rings. The molecule has 6 nitrogen and oxygen atoms in total. The number of nitrogens with two attached hydrogens (primary N) is 1. The summed E-state index contributed by atoms with van der Waals surface area (Å²) in [4.78, 5) is 22.4. The van der Waals surface area contributed by atoms with Gasteiger partial charge >= 0.3 is 0 Å². The molecule has 20 heavy (non-hydrogen) atoms. The van der Waals surface area contributed by atoms with E-state index < -0.39 is 22.7 Å². The quantitative estimate of drug-likeness (QED) is 0.668. The molecule has 1 unspecified atom stereocenters. The van der Waals surface area contributed by atoms with Crippen LogP contribution < -0.4 is 11.1 Å². The Hall–Kier alpha value is -2.32. The van der Waals surface area contributed by atoms with E-state index >= 15 is 0 Å². The van der Waals surface area contributed by atoms with E-state index in [1.807, 2.05) is 0 Å². The standard InChI is InChI=1S/C12H10FN3O3S/c13-8-4-3-7(16(18)19)6-9(8)15-12(17)11(14)10-2-1-5-20-10/h1-6,11H,14H2,(H,15,17). The number of nitro benzene ring substituents is 1. The van der Waals surface area contributed by atoms with Crippen LogP contribution in [-0.2, 0) is 4.79 Å². The number of carbonyl (C=O) groups excluding carboxylic acids is 1. The third kappa shape index (κ3) is 2.98. The number of halogens is 1. The number of carbonyl (C=O) groups is 1. The molecule has 1 aromatic heterocycles. The second-order valence-corrected chi connectivity index (χ2v) is 4.88. The summed E-state index contributed by atoms with van der Waals surface area (Å²) in [6.45, 7) is 0. The molecule has 3 N–H and O–H groups in total. The van der Waals surface area contributed by atoms with Crippen molar-refractivity contribution in [2.45, 2.75) is 6.04 Å². The van der Waals surface area contributed by atoms with E-state index in [4.69, 9.17) is 5.73 Å². The Morgan fingerprint density at radius 2 is 2.20 bits per heavy atom. The fourth-order valence-electron chi connectivity index (χ4n) is 1.53. The number of amides is 1. The zero-order valence-corrected chi connectivity index (χ0v) is 10.9. The van der Waals surface area contributed by atoms with E-state index in [-0.39, 0.29) is 11.4 Å². The molecule has 1 aromatic carbocycles. The second-order valence-electron chi connectivity index (χ2n) is 3.90. The van der Waals surface area contributed by atoms with Crippen molar-refractivity contribution in [1.82, 2.24) is 0 Å². The van der Waals surface area contributed by atoms with Crippen molar-refractivity contribution >= 4 is 28.6 Å². The number of non-ortho nitro benzene ring substituents is 1. The van der Waals surface area contributed by atoms with Crippen LogP contribution in [0.15, 0.2) is 35.7 Å². The van der Waals surface area contributed by atoms with Crippen LogP contribution in [0.4, 0.5) is 15.8 Å². The molecule has 0 aliphatic heterocycles. The SMILES string of the molecule is NC(C(=O)Nc1cc([N+](=O)[O-])ccc1F)c1cccs1. The van der Waals surface area contributed by atoms with Crippen LogP contribution in [0.2, 0.25) is 0 Å². The molecule has 0 radical (unpaired) electrons. The van der Waals surface area contributed by atoms with Crippen LogP contribution >= 0.6 is 11.3 Å². The maximum Gasteiger partial charge on any atom is 0.271 e. The number of rotatable bonds is 4. The first-order chi connectivity index (χ1) is 9.49. The predicted molar refractivity (Wildman–Crippen MR) is 72.9 cm³/mol. The molecular weight excluding hydrogens is 285 g/mol. The Morgan fingerprint density at radius 1 is 1.45 bits per heavy atom. The summed E-state index contributed by atoms with van der Waals surface area (Å²) in [5, 5.41) is 14.6. The van der Waals surface area contributed by atoms with Gasteiger partial charge in [-0.25, -0.2) is 4.39 Å². The molecule has 1 amide bonds. The van der Waals surface area contributed by atoms with E-state index in [1.54, 1.807) is 17.5 Å². The maximum atomic E-state index is 13.5. The predicted octanol–water partition coefficient (Wildman–Crippen LogP) is 2.43. The Balaban J connectivity index is 2.19. The fraction of sp³-hybridized carbons (Fsp3) is 0.0833. The molecular formula is C12H10FN3O3S. The van der Waals surface area contributed by atoms with Crippen molar-refractivity contribution in [2.75, 3.05) is 5.32 Å². The average molecular weight is 295 g/mol. The first-order valence-corrected chi connectivity index (χ1v) is 6.41. The molecule has 1 atom stereocenters. The summed E-state index contributed by atoms with van der Waals surface area (Å²) in [6, 6.07) is 5.36. The molecule has 1 heterocycles. The van der Waals surface area contributed by atoms with Crippen LogP contribution in [0, 0.1) is 15.9 Å². The molecule has 0 fully saturated rings. The van der Waals surface area contributed by atoms with E-state index in [9.17, 15) is 19.3 Å². The van der Waals surface area contributed by atoms with Gasteiger partial charge in [0.15, 0.2) is 0 Å². The van der Waals surface area contributed by atoms with Gasteiger partial charge in [0.05, 0.1) is 10.6 Å². The molecule has 2 rings (SSSR count). The van der Waals surface area contributed by atoms with E-state index in [2.05, 4.69) is 5.32 Å². The van der Waals surface area contributed by atoms with Gasteiger partial charge in [0.2, 0.25) is 5.91 Å². The highest BCUT2D eigenvalue weighted by Crippen LogP contribution is 2.23. The average Bonchev–Trinajstić information content (AvgIpc) is 2.94. The van der Waals surface area contributed by atoms with Gasteiger partial charge in [-0.15, -0.1) is 11.3 Å². The molecule has 0 aliphatic carbocycles. The number of nitrogens with zero attached hydrogens (tertiary/aromatic N) is 1. The molecule has 0 aliphatic rings. The number of thiophene rings is 1. The van der Waals surface area contributed by atoms with Crippen LogP contribution in [0.5, 0.6) is 0 Å². The lowest BCUT2D eigenvalue weighted by molar-refractivity contribution is -0.384. The van der Waals surface area contributed by atoms with Crippen molar-refractivity contribution < 1.29 is 14.1 Å². The molecule has 8 heteroatoms. The van der Waals surface area contributed by atoms with Gasteiger partial charge in [0.1, 0.15) is 11.9 Å². The number of hydrogen-bond donors (Lipinski definition) is 2. The topological polar surface area (TPSA) is 98.3 Å². The second kappa shape index (κ2) is 5.76. The number of benzene rings is 1. The number of nitro groups is 1. The van der Waals surface area contributed by atoms with Gasteiger partial charge in [-0.05, 0) is 17.5 Å². The number of nitrogens with one attached hydrogen (secondary N) is 1. The van der Waals surface area contributed by atoms with E-state index in [1.165, 1.54) is 11.3 Å². The molecule has 0 saturated heterocycles. The van der Waals surface area contributed by atoms with E-state index in [0.29, 0.717) is 4.88 Å². The van der Waals surface area contributed by atoms with Crippen LogP contribution in [0.1, 0.15) is 10.9 Å². The van der Waals surface area contributed by atoms with Gasteiger partial charge in [0.25, 0.3) is 5.69 Å². The molecule has 0 saturated carbocycles. The highest BCUT2D eigenvalue weighted by atomic mass is 32.1. The highest BCUT2D eigenvalue weighted by molar-refractivity contribution is 7.10. The van der Waals surface area contributed by atoms with Crippen LogP contribution in [0.3, 0.4) is 0 Å². The van der Waals surface area contributed by atoms with Gasteiger partial charge in [0, 0.05) is 17.0 Å². The smallest absolute Gasteiger partial charge is 0.271 e. The Morgan fingerprint density at radius 3 is 2.80 bits per heavy atom. The van der Waals surface area contributed by atoms with Gasteiger partial charge in [-0.1, -0.05) is 6.07 Å². The first kappa shape index (κ1) is 14.1. The van der Waals surface area contributed by atoms with E-state index in [0.717, 1.165) is 18.2 Å². The number of hydrogen-bond acceptors (Lipinski definition) is 5. The lowest BCUT2D eigenvalue weighted by Crippen LogP contribution is -2.27. The van der Waals surface area contributed by atoms with Gasteiger partial charge < -0.3 is 11.1 Å². The zero-order valence-electron chi connectivity index (χ0n) is 10.1. The van der Waals surface area contributed by atoms with Gasteiger partial charge in [-0.3, -0.25) is 14.9 Å². The van der Waals surface area contributed by atoms with Crippen molar-refractivity contribution in [3.05, 3.63) is 56.5 Å². The molecule has 104 valence electrons. The summed E-state index contributed by atoms with van der Waals surface area (Å²) in [5.74, 6) is -1.39. The molecule has 0 spiro atoms. The van der Waals surface area contributed by atoms with Crippen molar-refractivity contribution in [1.29, 1.82) is 0 Å². The minimum atomic E-state index is -0.950. The summed E-state index contributed by atoms with van der Waals surface area (Å²) in [5.41, 5.74) is 5.14. The zero-order chi connectivity index (χ0) is 14.7. The maximum absolute atomic E-state index is 13.5. The summed E-state index contributed by atoms with van der Waals surface area (Å²) < 4.78 is 13.5. The Labute approximate surface area is 117 Å². The Kier molecular flexibility index (Phi) is 4.06. The van der Waals surface area contributed by atoms with Crippen molar-refractivity contribution in [2.24, 2.45) is 5.73 Å². The van der Waals surface area contributed by atoms with Gasteiger partial charge in [-0.2, -0.15) is 0 Å². The molecule has 0 bridgehead atoms. The fourth-order valence-corrected chi connectivity index (χ4v) is 2.26. The minimum Gasteiger partial charge on any atom is -0.322 e. The summed E-state index contributed by atoms with van der Waals surface area (Å²) in [6.07, 6.45) is 0. The third-order valence-electron chi connectivity index (χ3n) is 2.55. The Bertz CT molecular complexity index is 645.